The van der Waals surface area contributed by atoms with Crippen molar-refractivity contribution in [1.29, 1.82) is 0 Å². The molecule has 0 aliphatic heterocycles. The Morgan fingerprint density at radius 2 is 1.78 bits per heavy atom. The number of aryl methyl sites for hydroxylation is 2. The number of anilines is 1. The normalized spacial score (nSPS) is 10.2. The fraction of sp³-hybridized carbons (Fsp3) is 0.533. The van der Waals surface area contributed by atoms with Gasteiger partial charge < -0.3 is 4.74 Å². The average molecular weight is 249 g/mol. The molecule has 0 unspecified atom stereocenters. The summed E-state index contributed by atoms with van der Waals surface area (Å²) in [6.07, 6.45) is 3.39. The lowest BCUT2D eigenvalue weighted by molar-refractivity contribution is 0.160. The molecule has 0 heterocycles. The SMILES string of the molecule is CCCCOC(=O)Nc1c(CC)cccc1CC. The Hall–Kier alpha value is -1.51. The van der Waals surface area contributed by atoms with E-state index in [9.17, 15) is 4.79 Å². The first-order chi connectivity index (χ1) is 8.72. The van der Waals surface area contributed by atoms with Crippen LogP contribution in [0, 0.1) is 0 Å². The number of carbonyl (C=O) groups is 1. The van der Waals surface area contributed by atoms with Gasteiger partial charge in [0.2, 0.25) is 0 Å². The summed E-state index contributed by atoms with van der Waals surface area (Å²) in [7, 11) is 0. The topological polar surface area (TPSA) is 38.3 Å². The predicted molar refractivity (Wildman–Crippen MR) is 75.1 cm³/mol. The Balaban J connectivity index is 2.72. The number of ether oxygens (including phenoxy) is 1. The first-order valence-electron chi connectivity index (χ1n) is 6.77. The minimum atomic E-state index is -0.348. The molecule has 1 rings (SSSR count). The van der Waals surface area contributed by atoms with E-state index in [0.29, 0.717) is 6.61 Å². The van der Waals surface area contributed by atoms with Crippen molar-refractivity contribution in [2.45, 2.75) is 46.5 Å². The van der Waals surface area contributed by atoms with Crippen LogP contribution in [0.15, 0.2) is 18.2 Å². The van der Waals surface area contributed by atoms with E-state index in [4.69, 9.17) is 4.74 Å². The maximum atomic E-state index is 11.7. The number of para-hydroxylation sites is 1. The van der Waals surface area contributed by atoms with Gasteiger partial charge in [0.15, 0.2) is 0 Å². The van der Waals surface area contributed by atoms with Crippen molar-refractivity contribution in [3.05, 3.63) is 29.3 Å². The second-order valence-electron chi connectivity index (χ2n) is 4.27. The lowest BCUT2D eigenvalue weighted by Crippen LogP contribution is -2.16. The number of nitrogens with one attached hydrogen (secondary N) is 1. The largest absolute Gasteiger partial charge is 0.449 e. The molecule has 0 atom stereocenters. The molecule has 0 aliphatic rings. The van der Waals surface area contributed by atoms with E-state index >= 15 is 0 Å². The number of hydrogen-bond donors (Lipinski definition) is 1. The van der Waals surface area contributed by atoms with Crippen LogP contribution in [0.1, 0.15) is 44.7 Å². The highest BCUT2D eigenvalue weighted by atomic mass is 16.5. The van der Waals surface area contributed by atoms with Crippen molar-refractivity contribution in [1.82, 2.24) is 0 Å². The Bertz CT molecular complexity index is 366. The third-order valence-corrected chi connectivity index (χ3v) is 2.96. The molecule has 0 saturated carbocycles. The van der Waals surface area contributed by atoms with Crippen molar-refractivity contribution in [3.8, 4) is 0 Å². The van der Waals surface area contributed by atoms with Gasteiger partial charge in [-0.15, -0.1) is 0 Å². The maximum absolute atomic E-state index is 11.7. The molecular formula is C15H23NO2. The molecule has 1 amide bonds. The molecule has 0 fully saturated rings. The van der Waals surface area contributed by atoms with Crippen molar-refractivity contribution >= 4 is 11.8 Å². The van der Waals surface area contributed by atoms with Gasteiger partial charge in [-0.05, 0) is 30.4 Å². The number of rotatable bonds is 6. The summed E-state index contributed by atoms with van der Waals surface area (Å²) in [5, 5.41) is 2.88. The van der Waals surface area contributed by atoms with Crippen LogP contribution >= 0.6 is 0 Å². The van der Waals surface area contributed by atoms with Gasteiger partial charge in [-0.3, -0.25) is 5.32 Å². The summed E-state index contributed by atoms with van der Waals surface area (Å²) in [5.41, 5.74) is 3.23. The first-order valence-corrected chi connectivity index (χ1v) is 6.77. The molecule has 1 N–H and O–H groups in total. The second kappa shape index (κ2) is 7.75. The zero-order chi connectivity index (χ0) is 13.4. The quantitative estimate of drug-likeness (QED) is 0.769. The highest BCUT2D eigenvalue weighted by Crippen LogP contribution is 2.22. The number of carbonyl (C=O) groups excluding carboxylic acids is 1. The van der Waals surface area contributed by atoms with Gasteiger partial charge in [0.25, 0.3) is 0 Å². The highest BCUT2D eigenvalue weighted by Gasteiger charge is 2.10. The molecule has 1 aromatic rings. The molecular weight excluding hydrogens is 226 g/mol. The van der Waals surface area contributed by atoms with Gasteiger partial charge in [0.05, 0.1) is 12.3 Å². The molecule has 0 radical (unpaired) electrons. The van der Waals surface area contributed by atoms with Crippen LogP contribution in [0.25, 0.3) is 0 Å². The van der Waals surface area contributed by atoms with Crippen molar-refractivity contribution in [2.24, 2.45) is 0 Å². The average Bonchev–Trinajstić information content (AvgIpc) is 2.39. The number of unbranched alkanes of at least 4 members (excludes halogenated alkanes) is 1. The summed E-state index contributed by atoms with van der Waals surface area (Å²) in [4.78, 5) is 11.7. The lowest BCUT2D eigenvalue weighted by atomic mass is 10.0. The fourth-order valence-corrected chi connectivity index (χ4v) is 1.85. The summed E-state index contributed by atoms with van der Waals surface area (Å²) >= 11 is 0. The van der Waals surface area contributed by atoms with Crippen LogP contribution in [0.3, 0.4) is 0 Å². The summed E-state index contributed by atoms with van der Waals surface area (Å²) in [5.74, 6) is 0. The molecule has 0 spiro atoms. The van der Waals surface area contributed by atoms with Gasteiger partial charge in [-0.1, -0.05) is 45.4 Å². The number of benzene rings is 1. The third-order valence-electron chi connectivity index (χ3n) is 2.96. The van der Waals surface area contributed by atoms with E-state index in [0.717, 1.165) is 42.5 Å². The molecule has 0 aromatic heterocycles. The summed E-state index contributed by atoms with van der Waals surface area (Å²) < 4.78 is 5.14. The minimum absolute atomic E-state index is 0.348. The van der Waals surface area contributed by atoms with E-state index in [1.165, 1.54) is 0 Å². The molecule has 1 aromatic carbocycles. The Morgan fingerprint density at radius 1 is 1.17 bits per heavy atom. The van der Waals surface area contributed by atoms with Gasteiger partial charge in [-0.2, -0.15) is 0 Å². The van der Waals surface area contributed by atoms with Crippen LogP contribution in [0.4, 0.5) is 10.5 Å². The molecule has 0 aliphatic carbocycles. The van der Waals surface area contributed by atoms with Crippen LogP contribution in [-0.2, 0) is 17.6 Å². The Labute approximate surface area is 110 Å². The predicted octanol–water partition coefficient (Wildman–Crippen LogP) is 4.16. The highest BCUT2D eigenvalue weighted by molar-refractivity contribution is 5.87. The molecule has 3 nitrogen and oxygen atoms in total. The zero-order valence-electron chi connectivity index (χ0n) is 11.6. The monoisotopic (exact) mass is 249 g/mol. The van der Waals surface area contributed by atoms with E-state index < -0.39 is 0 Å². The molecule has 100 valence electrons. The standard InChI is InChI=1S/C15H23NO2/c1-4-7-11-18-15(17)16-14-12(5-2)9-8-10-13(14)6-3/h8-10H,4-7,11H2,1-3H3,(H,16,17). The van der Waals surface area contributed by atoms with E-state index in [1.54, 1.807) is 0 Å². The van der Waals surface area contributed by atoms with Crippen LogP contribution < -0.4 is 5.32 Å². The Morgan fingerprint density at radius 3 is 2.28 bits per heavy atom. The minimum Gasteiger partial charge on any atom is -0.449 e. The Kier molecular flexibility index (Phi) is 6.26. The van der Waals surface area contributed by atoms with Crippen LogP contribution in [0.5, 0.6) is 0 Å². The van der Waals surface area contributed by atoms with Crippen molar-refractivity contribution < 1.29 is 9.53 Å². The second-order valence-corrected chi connectivity index (χ2v) is 4.27. The van der Waals surface area contributed by atoms with E-state index in [-0.39, 0.29) is 6.09 Å². The number of hydrogen-bond acceptors (Lipinski definition) is 2. The van der Waals surface area contributed by atoms with Gasteiger partial charge in [0.1, 0.15) is 0 Å². The van der Waals surface area contributed by atoms with E-state index in [2.05, 4.69) is 26.1 Å². The molecule has 18 heavy (non-hydrogen) atoms. The summed E-state index contributed by atoms with van der Waals surface area (Å²) in [6, 6.07) is 6.12. The van der Waals surface area contributed by atoms with Gasteiger partial charge in [-0.25, -0.2) is 4.79 Å². The van der Waals surface area contributed by atoms with Crippen LogP contribution in [0.2, 0.25) is 0 Å². The summed E-state index contributed by atoms with van der Waals surface area (Å²) in [6.45, 7) is 6.73. The van der Waals surface area contributed by atoms with Gasteiger partial charge >= 0.3 is 6.09 Å². The molecule has 3 heteroatoms. The van der Waals surface area contributed by atoms with Gasteiger partial charge in [0, 0.05) is 0 Å². The van der Waals surface area contributed by atoms with Crippen molar-refractivity contribution in [2.75, 3.05) is 11.9 Å². The lowest BCUT2D eigenvalue weighted by Gasteiger charge is -2.14. The van der Waals surface area contributed by atoms with Crippen molar-refractivity contribution in [3.63, 3.8) is 0 Å². The zero-order valence-corrected chi connectivity index (χ0v) is 11.6. The maximum Gasteiger partial charge on any atom is 0.411 e. The smallest absolute Gasteiger partial charge is 0.411 e. The fourth-order valence-electron chi connectivity index (χ4n) is 1.85. The molecule has 0 saturated heterocycles. The van der Waals surface area contributed by atoms with E-state index in [1.807, 2.05) is 18.2 Å². The third kappa shape index (κ3) is 4.06. The van der Waals surface area contributed by atoms with Crippen LogP contribution in [-0.4, -0.2) is 12.7 Å². The first kappa shape index (κ1) is 14.6. The molecule has 0 bridgehead atoms. The number of amides is 1.